The summed E-state index contributed by atoms with van der Waals surface area (Å²) >= 11 is 0. The van der Waals surface area contributed by atoms with Crippen molar-refractivity contribution in [2.75, 3.05) is 65.6 Å². The van der Waals surface area contributed by atoms with E-state index in [-0.39, 0.29) is 50.7 Å². The maximum atomic E-state index is 13.0. The molecule has 0 aliphatic carbocycles. The molecular weight excluding hydrogens is 1010 g/mol. The lowest BCUT2D eigenvalue weighted by Gasteiger charge is -2.37. The molecule has 1 aliphatic rings. The maximum Gasteiger partial charge on any atom is 0.320 e. The van der Waals surface area contributed by atoms with Gasteiger partial charge in [0.25, 0.3) is 0 Å². The van der Waals surface area contributed by atoms with Gasteiger partial charge in [0, 0.05) is 78.2 Å². The number of aliphatic carboxylic acids is 3. The molecule has 0 spiro atoms. The van der Waals surface area contributed by atoms with Crippen LogP contribution in [-0.4, -0.2) is 304 Å². The standard InChI is InChI=1S/C44H75N7O24/c52-19-30(58)39(67)36(64)27(55)14-45-33(61)7-4-24(42(70)71)49-10-12-50(25(43(72)73)5-8-34(62)46-15-28(56)37(65)40(68)31(59)20-53)17-22-2-1-3-23(48-22)18-51(13-11-49)26(44(74)75)6-9-35(63)47-16-29(57)38(66)41(69)32(60)21-54/h1-3,24-32,36-41,52-60,64-69H,4-21H2,(H,45,61)(H,46,62)(H,47,63)(H,70,71)(H,72,73)(H,74,75). The van der Waals surface area contributed by atoms with Gasteiger partial charge in [0.05, 0.1) is 49.5 Å². The SMILES string of the molecule is O=C(CCC(C(=O)O)N1CCN(C(CCC(=O)NCC(O)C(O)C(O)C(O)CO)C(=O)O)Cc2cccc(n2)CN(C(CCC(=O)NCC(O)C(O)C(O)C(O)CO)C(=O)O)CC1)NCC(O)C(O)C(O)C(O)CO. The lowest BCUT2D eigenvalue weighted by atomic mass is 10.0. The number of aromatic nitrogens is 1. The molecule has 31 nitrogen and oxygen atoms in total. The van der Waals surface area contributed by atoms with Gasteiger partial charge in [-0.1, -0.05) is 6.07 Å². The minimum atomic E-state index is -2.03. The number of hydrogen-bond acceptors (Lipinski definition) is 25. The monoisotopic (exact) mass is 1090 g/mol. The van der Waals surface area contributed by atoms with E-state index in [1.807, 2.05) is 0 Å². The topological polar surface area (TPSA) is 525 Å². The summed E-state index contributed by atoms with van der Waals surface area (Å²) in [4.78, 5) is 86.4. The van der Waals surface area contributed by atoms with E-state index in [1.165, 1.54) is 26.8 Å². The van der Waals surface area contributed by atoms with Crippen molar-refractivity contribution < 1.29 is 121 Å². The zero-order valence-corrected chi connectivity index (χ0v) is 40.9. The zero-order valence-electron chi connectivity index (χ0n) is 40.9. The van der Waals surface area contributed by atoms with Crippen LogP contribution in [0.5, 0.6) is 0 Å². The van der Waals surface area contributed by atoms with Crippen molar-refractivity contribution in [3.63, 3.8) is 0 Å². The van der Waals surface area contributed by atoms with Crippen LogP contribution >= 0.6 is 0 Å². The highest BCUT2D eigenvalue weighted by Crippen LogP contribution is 2.20. The number of carbonyl (C=O) groups excluding carboxylic acids is 3. The van der Waals surface area contributed by atoms with Crippen LogP contribution in [0.1, 0.15) is 49.9 Å². The molecule has 31 heteroatoms. The number of nitrogens with one attached hydrogen (secondary N) is 3. The van der Waals surface area contributed by atoms with Gasteiger partial charge in [0.1, 0.15) is 73.1 Å². The molecule has 2 heterocycles. The average Bonchev–Trinajstić information content (AvgIpc) is 3.38. The molecule has 15 atom stereocenters. The van der Waals surface area contributed by atoms with E-state index < -0.39 is 205 Å². The normalized spacial score (nSPS) is 20.3. The third-order valence-electron chi connectivity index (χ3n) is 12.6. The molecule has 3 amide bonds. The largest absolute Gasteiger partial charge is 0.480 e. The number of amides is 3. The van der Waals surface area contributed by atoms with E-state index >= 15 is 0 Å². The van der Waals surface area contributed by atoms with Crippen molar-refractivity contribution >= 4 is 35.6 Å². The second-order valence-electron chi connectivity index (χ2n) is 18.1. The lowest BCUT2D eigenvalue weighted by molar-refractivity contribution is -0.147. The Balaban J connectivity index is 2.48. The van der Waals surface area contributed by atoms with Gasteiger partial charge in [-0.05, 0) is 31.4 Å². The number of hydrogen-bond donors (Lipinski definition) is 21. The van der Waals surface area contributed by atoms with Crippen LogP contribution < -0.4 is 16.0 Å². The van der Waals surface area contributed by atoms with Gasteiger partial charge in [-0.3, -0.25) is 48.5 Å². The number of nitrogens with zero attached hydrogens (tertiary/aromatic N) is 4. The fraction of sp³-hybridized carbons (Fsp3) is 0.750. The summed E-state index contributed by atoms with van der Waals surface area (Å²) in [6.07, 6.45) is -25.8. The van der Waals surface area contributed by atoms with E-state index in [9.17, 15) is 105 Å². The van der Waals surface area contributed by atoms with Crippen LogP contribution in [0.2, 0.25) is 0 Å². The molecule has 1 aromatic rings. The molecular formula is C44H75N7O24. The molecule has 2 rings (SSSR count). The summed E-state index contributed by atoms with van der Waals surface area (Å²) < 4.78 is 0. The Kier molecular flexibility index (Phi) is 29.6. The molecule has 0 fully saturated rings. The first-order valence-corrected chi connectivity index (χ1v) is 23.9. The highest BCUT2D eigenvalue weighted by molar-refractivity contribution is 5.80. The van der Waals surface area contributed by atoms with Crippen LogP contribution in [0.4, 0.5) is 0 Å². The summed E-state index contributed by atoms with van der Waals surface area (Å²) in [6.45, 7) is -6.56. The summed E-state index contributed by atoms with van der Waals surface area (Å²) in [6, 6.07) is 0.0339. The molecule has 0 saturated carbocycles. The molecule has 430 valence electrons. The second kappa shape index (κ2) is 33.4. The molecule has 15 unspecified atom stereocenters. The molecule has 2 bridgehead atoms. The Morgan fingerprint density at radius 2 is 0.680 bits per heavy atom. The van der Waals surface area contributed by atoms with Crippen molar-refractivity contribution in [3.05, 3.63) is 29.6 Å². The van der Waals surface area contributed by atoms with Gasteiger partial charge < -0.3 is 108 Å². The Morgan fingerprint density at radius 1 is 0.427 bits per heavy atom. The fourth-order valence-corrected chi connectivity index (χ4v) is 7.91. The Morgan fingerprint density at radius 3 is 0.947 bits per heavy atom. The van der Waals surface area contributed by atoms with E-state index in [0.29, 0.717) is 0 Å². The first-order valence-electron chi connectivity index (χ1n) is 23.9. The van der Waals surface area contributed by atoms with Crippen LogP contribution in [0.3, 0.4) is 0 Å². The van der Waals surface area contributed by atoms with Crippen LogP contribution in [0, 0.1) is 0 Å². The van der Waals surface area contributed by atoms with Crippen molar-refractivity contribution in [2.24, 2.45) is 0 Å². The second-order valence-corrected chi connectivity index (χ2v) is 18.1. The van der Waals surface area contributed by atoms with E-state index in [0.717, 1.165) is 0 Å². The fourth-order valence-electron chi connectivity index (χ4n) is 7.91. The summed E-state index contributed by atoms with van der Waals surface area (Å²) in [5.74, 6) is -6.86. The summed E-state index contributed by atoms with van der Waals surface area (Å²) in [5.41, 5.74) is 0.466. The quantitative estimate of drug-likeness (QED) is 0.0311. The first-order chi connectivity index (χ1) is 35.3. The highest BCUT2D eigenvalue weighted by Gasteiger charge is 2.36. The van der Waals surface area contributed by atoms with Crippen molar-refractivity contribution in [1.82, 2.24) is 35.6 Å². The Bertz CT molecular complexity index is 1830. The first kappa shape index (κ1) is 66.4. The Hall–Kier alpha value is -4.75. The van der Waals surface area contributed by atoms with Gasteiger partial charge >= 0.3 is 17.9 Å². The third kappa shape index (κ3) is 22.0. The number of carbonyl (C=O) groups is 6. The van der Waals surface area contributed by atoms with Crippen LogP contribution in [0.25, 0.3) is 0 Å². The summed E-state index contributed by atoms with van der Waals surface area (Å²) in [5, 5.41) is 185. The Labute approximate surface area is 429 Å². The molecule has 21 N–H and O–H groups in total. The van der Waals surface area contributed by atoms with Gasteiger partial charge in [-0.2, -0.15) is 0 Å². The smallest absolute Gasteiger partial charge is 0.320 e. The minimum absolute atomic E-state index is 0.233. The van der Waals surface area contributed by atoms with Crippen molar-refractivity contribution in [2.45, 2.75) is 143 Å². The van der Waals surface area contributed by atoms with Crippen molar-refractivity contribution in [3.8, 4) is 0 Å². The highest BCUT2D eigenvalue weighted by atomic mass is 16.4. The molecule has 0 saturated heterocycles. The predicted octanol–water partition coefficient (Wildman–Crippen LogP) is -10.6. The number of pyridine rings is 1. The number of fused-ring (bicyclic) bond motifs is 2. The van der Waals surface area contributed by atoms with Gasteiger partial charge in [0.2, 0.25) is 17.7 Å². The number of carboxylic acids is 3. The molecule has 75 heavy (non-hydrogen) atoms. The van der Waals surface area contributed by atoms with Crippen LogP contribution in [0.15, 0.2) is 18.2 Å². The minimum Gasteiger partial charge on any atom is -0.480 e. The number of rotatable bonds is 33. The van der Waals surface area contributed by atoms with Gasteiger partial charge in [0.15, 0.2) is 0 Å². The zero-order chi connectivity index (χ0) is 56.7. The van der Waals surface area contributed by atoms with E-state index in [4.69, 9.17) is 15.3 Å². The van der Waals surface area contributed by atoms with Gasteiger partial charge in [-0.15, -0.1) is 0 Å². The number of aliphatic hydroxyl groups is 15. The molecule has 1 aliphatic heterocycles. The average molecular weight is 1090 g/mol. The third-order valence-corrected chi connectivity index (χ3v) is 12.6. The summed E-state index contributed by atoms with van der Waals surface area (Å²) in [7, 11) is 0. The van der Waals surface area contributed by atoms with E-state index in [1.54, 1.807) is 6.07 Å². The predicted molar refractivity (Wildman–Crippen MR) is 251 cm³/mol. The molecule has 0 radical (unpaired) electrons. The molecule has 0 aromatic carbocycles. The number of aliphatic hydroxyl groups excluding tert-OH is 15. The van der Waals surface area contributed by atoms with Crippen molar-refractivity contribution in [1.29, 1.82) is 0 Å². The van der Waals surface area contributed by atoms with Crippen LogP contribution in [-0.2, 0) is 41.9 Å². The van der Waals surface area contributed by atoms with Gasteiger partial charge in [-0.25, -0.2) is 0 Å². The lowest BCUT2D eigenvalue weighted by Crippen LogP contribution is -2.52. The maximum absolute atomic E-state index is 13.0. The number of carboxylic acid groups (broad SMARTS) is 3. The molecule has 1 aromatic heterocycles. The van der Waals surface area contributed by atoms with E-state index in [2.05, 4.69) is 20.9 Å².